The lowest BCUT2D eigenvalue weighted by molar-refractivity contribution is -0.156. The van der Waals surface area contributed by atoms with Gasteiger partial charge in [-0.3, -0.25) is 24.6 Å². The number of rotatable bonds is 8. The minimum atomic E-state index is -1.22. The first-order valence-corrected chi connectivity index (χ1v) is 10.4. The van der Waals surface area contributed by atoms with E-state index in [-0.39, 0.29) is 25.0 Å². The van der Waals surface area contributed by atoms with Crippen LogP contribution in [0.1, 0.15) is 51.6 Å². The number of amides is 2. The van der Waals surface area contributed by atoms with E-state index in [9.17, 15) is 14.4 Å². The van der Waals surface area contributed by atoms with Gasteiger partial charge in [0.25, 0.3) is 0 Å². The number of carbonyl (C=O) groups excluding carboxylic acids is 3. The molecule has 29 heavy (non-hydrogen) atoms. The monoisotopic (exact) mass is 402 g/mol. The van der Waals surface area contributed by atoms with Crippen LogP contribution in [0.15, 0.2) is 24.3 Å². The Morgan fingerprint density at radius 2 is 1.90 bits per heavy atom. The first kappa shape index (κ1) is 21.3. The van der Waals surface area contributed by atoms with Gasteiger partial charge in [-0.2, -0.15) is 0 Å². The van der Waals surface area contributed by atoms with E-state index in [0.717, 1.165) is 18.4 Å². The Morgan fingerprint density at radius 3 is 2.52 bits per heavy atom. The van der Waals surface area contributed by atoms with Gasteiger partial charge in [0.2, 0.25) is 11.8 Å². The predicted octanol–water partition coefficient (Wildman–Crippen LogP) is 2.45. The summed E-state index contributed by atoms with van der Waals surface area (Å²) in [5.74, 6) is -1.82. The molecule has 1 aromatic carbocycles. The van der Waals surface area contributed by atoms with Gasteiger partial charge >= 0.3 is 5.97 Å². The van der Waals surface area contributed by atoms with Gasteiger partial charge in [-0.05, 0) is 26.3 Å². The predicted molar refractivity (Wildman–Crippen MR) is 107 cm³/mol. The van der Waals surface area contributed by atoms with E-state index in [0.29, 0.717) is 12.2 Å². The summed E-state index contributed by atoms with van der Waals surface area (Å²) in [6, 6.07) is 6.90. The van der Waals surface area contributed by atoms with E-state index in [1.54, 1.807) is 21.0 Å². The SMILES string of the molecule is CCCC[C@]1(C(=O)OCC)N[C@@H](c2ccccc2OC)[C@H]2C(=O)N(CC)C(=O)[C@H]21. The standard InChI is InChI=1S/C22H30N2O5/c1-5-8-13-22(21(27)29-7-3)17-16(19(25)24(6-2)20(17)26)18(23-22)14-11-9-10-12-15(14)28-4/h9-12,16-18,23H,5-8,13H2,1-4H3/t16-,17-,18-,22-/m0/s1. The van der Waals surface area contributed by atoms with Gasteiger partial charge < -0.3 is 9.47 Å². The average molecular weight is 402 g/mol. The number of unbranched alkanes of at least 4 members (excludes halogenated alkanes) is 1. The Labute approximate surface area is 171 Å². The number of esters is 1. The van der Waals surface area contributed by atoms with Crippen LogP contribution in [-0.4, -0.2) is 48.5 Å². The zero-order chi connectivity index (χ0) is 21.2. The second-order valence-corrected chi connectivity index (χ2v) is 7.58. The van der Waals surface area contributed by atoms with Crippen LogP contribution in [0.3, 0.4) is 0 Å². The largest absolute Gasteiger partial charge is 0.496 e. The van der Waals surface area contributed by atoms with Gasteiger partial charge in [0.05, 0.1) is 25.6 Å². The molecule has 0 radical (unpaired) electrons. The quantitative estimate of drug-likeness (QED) is 0.531. The Morgan fingerprint density at radius 1 is 1.17 bits per heavy atom. The summed E-state index contributed by atoms with van der Waals surface area (Å²) >= 11 is 0. The number of carbonyl (C=O) groups is 3. The number of para-hydroxylation sites is 1. The maximum absolute atomic E-state index is 13.3. The highest BCUT2D eigenvalue weighted by atomic mass is 16.5. The lowest BCUT2D eigenvalue weighted by Crippen LogP contribution is -2.56. The maximum atomic E-state index is 13.3. The molecule has 7 heteroatoms. The number of hydrogen-bond donors (Lipinski definition) is 1. The lowest BCUT2D eigenvalue weighted by atomic mass is 9.76. The Bertz CT molecular complexity index is 795. The Kier molecular flexibility index (Phi) is 6.27. The lowest BCUT2D eigenvalue weighted by Gasteiger charge is -2.33. The molecule has 1 aromatic rings. The molecule has 1 N–H and O–H groups in total. The molecule has 2 fully saturated rings. The fourth-order valence-corrected chi connectivity index (χ4v) is 4.80. The molecule has 0 aliphatic carbocycles. The van der Waals surface area contributed by atoms with Gasteiger partial charge in [0.15, 0.2) is 0 Å². The van der Waals surface area contributed by atoms with E-state index in [2.05, 4.69) is 5.32 Å². The van der Waals surface area contributed by atoms with Crippen molar-refractivity contribution in [2.45, 2.75) is 51.6 Å². The Balaban J connectivity index is 2.16. The minimum absolute atomic E-state index is 0.213. The van der Waals surface area contributed by atoms with Crippen LogP contribution in [0.2, 0.25) is 0 Å². The molecule has 4 atom stereocenters. The van der Waals surface area contributed by atoms with Crippen LogP contribution in [0.5, 0.6) is 5.75 Å². The molecule has 158 valence electrons. The molecule has 0 spiro atoms. The third kappa shape index (κ3) is 3.31. The van der Waals surface area contributed by atoms with Gasteiger partial charge in [-0.1, -0.05) is 38.0 Å². The number of nitrogens with one attached hydrogen (secondary N) is 1. The van der Waals surface area contributed by atoms with Gasteiger partial charge in [-0.15, -0.1) is 0 Å². The van der Waals surface area contributed by atoms with Crippen molar-refractivity contribution in [3.63, 3.8) is 0 Å². The van der Waals surface area contributed by atoms with Crippen LogP contribution in [0, 0.1) is 11.8 Å². The Hall–Kier alpha value is -2.41. The highest BCUT2D eigenvalue weighted by Gasteiger charge is 2.68. The van der Waals surface area contributed by atoms with Gasteiger partial charge in [0.1, 0.15) is 11.3 Å². The van der Waals surface area contributed by atoms with Crippen molar-refractivity contribution in [3.8, 4) is 5.75 Å². The molecule has 2 heterocycles. The number of likely N-dealkylation sites (tertiary alicyclic amines) is 1. The molecule has 0 bridgehead atoms. The van der Waals surface area contributed by atoms with Gasteiger partial charge in [0, 0.05) is 18.2 Å². The second-order valence-electron chi connectivity index (χ2n) is 7.58. The fraction of sp³-hybridized carbons (Fsp3) is 0.591. The van der Waals surface area contributed by atoms with Crippen molar-refractivity contribution >= 4 is 17.8 Å². The molecular weight excluding hydrogens is 372 g/mol. The van der Waals surface area contributed by atoms with Crippen LogP contribution in [0.4, 0.5) is 0 Å². The fourth-order valence-electron chi connectivity index (χ4n) is 4.80. The molecule has 0 aromatic heterocycles. The van der Waals surface area contributed by atoms with E-state index < -0.39 is 29.4 Å². The highest BCUT2D eigenvalue weighted by molar-refractivity contribution is 6.09. The highest BCUT2D eigenvalue weighted by Crippen LogP contribution is 2.52. The molecule has 2 aliphatic rings. The summed E-state index contributed by atoms with van der Waals surface area (Å²) in [4.78, 5) is 41.0. The molecular formula is C22H30N2O5. The normalized spacial score (nSPS) is 28.6. The summed E-state index contributed by atoms with van der Waals surface area (Å²) in [5, 5.41) is 3.40. The van der Waals surface area contributed by atoms with E-state index in [1.165, 1.54) is 4.90 Å². The number of benzene rings is 1. The second kappa shape index (κ2) is 8.53. The van der Waals surface area contributed by atoms with E-state index in [4.69, 9.17) is 9.47 Å². The summed E-state index contributed by atoms with van der Waals surface area (Å²) in [7, 11) is 1.57. The number of nitrogens with zero attached hydrogens (tertiary/aromatic N) is 1. The third-order valence-corrected chi connectivity index (χ3v) is 6.10. The maximum Gasteiger partial charge on any atom is 0.327 e. The van der Waals surface area contributed by atoms with Crippen molar-refractivity contribution in [2.24, 2.45) is 11.8 Å². The first-order chi connectivity index (χ1) is 14.0. The van der Waals surface area contributed by atoms with Crippen molar-refractivity contribution in [3.05, 3.63) is 29.8 Å². The molecule has 3 rings (SSSR count). The number of hydrogen-bond acceptors (Lipinski definition) is 6. The van der Waals surface area contributed by atoms with Crippen molar-refractivity contribution < 1.29 is 23.9 Å². The molecule has 2 aliphatic heterocycles. The van der Waals surface area contributed by atoms with Crippen LogP contribution < -0.4 is 10.1 Å². The number of fused-ring (bicyclic) bond motifs is 1. The zero-order valence-electron chi connectivity index (χ0n) is 17.6. The number of methoxy groups -OCH3 is 1. The molecule has 2 amide bonds. The molecule has 0 unspecified atom stereocenters. The van der Waals surface area contributed by atoms with Crippen LogP contribution >= 0.6 is 0 Å². The summed E-state index contributed by atoms with van der Waals surface area (Å²) in [6.07, 6.45) is 2.03. The van der Waals surface area contributed by atoms with Crippen LogP contribution in [-0.2, 0) is 19.1 Å². The third-order valence-electron chi connectivity index (χ3n) is 6.10. The number of ether oxygens (including phenoxy) is 2. The summed E-state index contributed by atoms with van der Waals surface area (Å²) in [5.41, 5.74) is -0.453. The molecule has 2 saturated heterocycles. The van der Waals surface area contributed by atoms with E-state index >= 15 is 0 Å². The van der Waals surface area contributed by atoms with Crippen molar-refractivity contribution in [1.82, 2.24) is 10.2 Å². The first-order valence-electron chi connectivity index (χ1n) is 10.4. The van der Waals surface area contributed by atoms with Crippen molar-refractivity contribution in [1.29, 1.82) is 0 Å². The van der Waals surface area contributed by atoms with Crippen molar-refractivity contribution in [2.75, 3.05) is 20.3 Å². The summed E-state index contributed by atoms with van der Waals surface area (Å²) < 4.78 is 10.9. The van der Waals surface area contributed by atoms with Gasteiger partial charge in [-0.25, -0.2) is 0 Å². The molecule has 7 nitrogen and oxygen atoms in total. The molecule has 0 saturated carbocycles. The average Bonchev–Trinajstić information content (AvgIpc) is 3.20. The number of imide groups is 1. The van der Waals surface area contributed by atoms with Crippen LogP contribution in [0.25, 0.3) is 0 Å². The summed E-state index contributed by atoms with van der Waals surface area (Å²) in [6.45, 7) is 6.06. The zero-order valence-corrected chi connectivity index (χ0v) is 17.6. The van der Waals surface area contributed by atoms with E-state index in [1.807, 2.05) is 31.2 Å². The smallest absolute Gasteiger partial charge is 0.327 e. The topological polar surface area (TPSA) is 84.9 Å². The minimum Gasteiger partial charge on any atom is -0.496 e.